The van der Waals surface area contributed by atoms with E-state index >= 15 is 0 Å². The van der Waals surface area contributed by atoms with Crippen molar-refractivity contribution in [3.05, 3.63) is 95.2 Å². The molecule has 0 saturated carbocycles. The average Bonchev–Trinajstić information content (AvgIpc) is 3.24. The van der Waals surface area contributed by atoms with Crippen molar-refractivity contribution in [1.82, 2.24) is 4.98 Å². The summed E-state index contributed by atoms with van der Waals surface area (Å²) in [6.07, 6.45) is 5.39. The average molecular weight is 469 g/mol. The Balaban J connectivity index is 1.52. The number of aromatic nitrogens is 1. The van der Waals surface area contributed by atoms with Gasteiger partial charge in [0.1, 0.15) is 18.0 Å². The number of pyridine rings is 1. The Morgan fingerprint density at radius 3 is 2.29 bits per heavy atom. The van der Waals surface area contributed by atoms with Crippen LogP contribution in [0.2, 0.25) is 0 Å². The quantitative estimate of drug-likeness (QED) is 0.380. The Hall–Kier alpha value is -3.93. The number of allylic oxidation sites excluding steroid dienone is 1. The molecule has 1 heterocycles. The third-order valence-electron chi connectivity index (χ3n) is 5.71. The van der Waals surface area contributed by atoms with Gasteiger partial charge in [0.25, 0.3) is 0 Å². The molecule has 1 aromatic heterocycles. The van der Waals surface area contributed by atoms with Crippen LogP contribution < -0.4 is 11.1 Å². The van der Waals surface area contributed by atoms with Gasteiger partial charge in [-0.2, -0.15) is 0 Å². The van der Waals surface area contributed by atoms with Gasteiger partial charge in [0, 0.05) is 35.3 Å². The van der Waals surface area contributed by atoms with E-state index in [9.17, 15) is 4.79 Å². The zero-order valence-corrected chi connectivity index (χ0v) is 20.5. The topological polar surface area (TPSA) is 89.6 Å². The van der Waals surface area contributed by atoms with Crippen LogP contribution in [-0.4, -0.2) is 35.4 Å². The van der Waals surface area contributed by atoms with Crippen LogP contribution in [0.3, 0.4) is 0 Å². The molecule has 4 rings (SSSR count). The minimum atomic E-state index is -0.554. The van der Waals surface area contributed by atoms with Crippen LogP contribution in [0.4, 0.5) is 5.82 Å². The molecule has 6 heteroatoms. The number of carbonyl (C=O) groups is 1. The molecule has 0 bridgehead atoms. The highest BCUT2D eigenvalue weighted by Gasteiger charge is 2.21. The molecule has 0 saturated heterocycles. The fraction of sp³-hybridized carbons (Fsp3) is 0.276. The number of hydrogen-bond donors (Lipinski definition) is 2. The van der Waals surface area contributed by atoms with E-state index in [1.165, 1.54) is 11.1 Å². The molecular formula is C29H32N4O2. The van der Waals surface area contributed by atoms with Gasteiger partial charge >= 0.3 is 5.97 Å². The highest BCUT2D eigenvalue weighted by molar-refractivity contribution is 6.19. The monoisotopic (exact) mass is 468 g/mol. The van der Waals surface area contributed by atoms with Crippen molar-refractivity contribution >= 4 is 29.3 Å². The molecule has 2 aromatic carbocycles. The fourth-order valence-electron chi connectivity index (χ4n) is 4.17. The highest BCUT2D eigenvalue weighted by atomic mass is 16.6. The van der Waals surface area contributed by atoms with E-state index in [1.807, 2.05) is 63.2 Å². The normalized spacial score (nSPS) is 14.5. The number of nitrogens with zero attached hydrogens (tertiary/aromatic N) is 2. The van der Waals surface area contributed by atoms with Crippen molar-refractivity contribution in [3.63, 3.8) is 0 Å². The van der Waals surface area contributed by atoms with Crippen molar-refractivity contribution in [2.75, 3.05) is 11.9 Å². The number of aliphatic imine (C=N–C) groups is 1. The molecule has 0 amide bonds. The van der Waals surface area contributed by atoms with Crippen LogP contribution >= 0.6 is 0 Å². The number of ether oxygens (including phenoxy) is 1. The van der Waals surface area contributed by atoms with Gasteiger partial charge in [0.15, 0.2) is 0 Å². The van der Waals surface area contributed by atoms with E-state index in [0.717, 1.165) is 29.8 Å². The van der Waals surface area contributed by atoms with Crippen LogP contribution in [0.25, 0.3) is 11.3 Å². The van der Waals surface area contributed by atoms with E-state index < -0.39 is 5.60 Å². The molecule has 0 radical (unpaired) electrons. The fourth-order valence-corrected chi connectivity index (χ4v) is 4.17. The predicted octanol–water partition coefficient (Wildman–Crippen LogP) is 4.90. The maximum absolute atomic E-state index is 12.1. The zero-order valence-electron chi connectivity index (χ0n) is 20.5. The van der Waals surface area contributed by atoms with Gasteiger partial charge < -0.3 is 15.8 Å². The summed E-state index contributed by atoms with van der Waals surface area (Å²) in [4.78, 5) is 21.1. The minimum absolute atomic E-state index is 0.0852. The molecule has 0 atom stereocenters. The van der Waals surface area contributed by atoms with Crippen LogP contribution in [0.1, 0.15) is 43.0 Å². The lowest BCUT2D eigenvalue weighted by atomic mass is 10.0. The van der Waals surface area contributed by atoms with Crippen molar-refractivity contribution in [1.29, 1.82) is 0 Å². The Bertz CT molecular complexity index is 1200. The number of fused-ring (bicyclic) bond motifs is 1. The number of hydrogen-bond acceptors (Lipinski definition) is 6. The van der Waals surface area contributed by atoms with Crippen LogP contribution in [0.5, 0.6) is 0 Å². The summed E-state index contributed by atoms with van der Waals surface area (Å²) in [7, 11) is 0. The maximum atomic E-state index is 12.1. The van der Waals surface area contributed by atoms with Crippen LogP contribution in [0, 0.1) is 0 Å². The summed E-state index contributed by atoms with van der Waals surface area (Å²) in [5, 5.41) is 3.54. The summed E-state index contributed by atoms with van der Waals surface area (Å²) < 4.78 is 5.35. The zero-order chi connectivity index (χ0) is 24.8. The van der Waals surface area contributed by atoms with Crippen molar-refractivity contribution in [3.8, 4) is 0 Å². The van der Waals surface area contributed by atoms with E-state index in [1.54, 1.807) is 12.4 Å². The van der Waals surface area contributed by atoms with Crippen molar-refractivity contribution in [2.45, 2.75) is 45.3 Å². The van der Waals surface area contributed by atoms with Crippen molar-refractivity contribution < 1.29 is 9.53 Å². The standard InChI is InChI=1S/C29H32N4O2/c1-29(2,3)35-27(34)19-31-18-25(28(30)20-9-5-4-6-10-20)23-13-14-26(32-17-23)33-24-15-21-11-7-8-12-22(21)16-24/h4-14,17-18,24H,15-16,19,30H2,1-3H3,(H,32,33). The molecule has 1 aliphatic rings. The summed E-state index contributed by atoms with van der Waals surface area (Å²) in [6.45, 7) is 5.41. The minimum Gasteiger partial charge on any atom is -0.459 e. The Kier molecular flexibility index (Phi) is 7.30. The highest BCUT2D eigenvalue weighted by Crippen LogP contribution is 2.25. The van der Waals surface area contributed by atoms with E-state index in [2.05, 4.69) is 39.6 Å². The van der Waals surface area contributed by atoms with Gasteiger partial charge in [0.05, 0.1) is 0 Å². The number of esters is 1. The largest absolute Gasteiger partial charge is 0.459 e. The number of nitrogens with two attached hydrogens (primary N) is 1. The third-order valence-corrected chi connectivity index (χ3v) is 5.71. The van der Waals surface area contributed by atoms with Crippen LogP contribution in [0.15, 0.2) is 77.9 Å². The molecule has 3 aromatic rings. The third kappa shape index (κ3) is 6.57. The SMILES string of the molecule is CC(C)(C)OC(=O)CN=CC(=C(N)c1ccccc1)c1ccc(NC2Cc3ccccc3C2)nc1. The van der Waals surface area contributed by atoms with E-state index in [-0.39, 0.29) is 12.5 Å². The molecule has 3 N–H and O–H groups in total. The number of rotatable bonds is 7. The Morgan fingerprint density at radius 2 is 1.69 bits per heavy atom. The molecule has 180 valence electrons. The second-order valence-corrected chi connectivity index (χ2v) is 9.70. The summed E-state index contributed by atoms with van der Waals surface area (Å²) in [5.41, 5.74) is 11.7. The first kappa shape index (κ1) is 24.2. The first-order valence-electron chi connectivity index (χ1n) is 11.8. The lowest BCUT2D eigenvalue weighted by molar-refractivity contribution is -0.152. The van der Waals surface area contributed by atoms with Gasteiger partial charge in [-0.25, -0.2) is 4.98 Å². The molecular weight excluding hydrogens is 436 g/mol. The first-order chi connectivity index (χ1) is 16.8. The molecule has 1 aliphatic carbocycles. The molecule has 35 heavy (non-hydrogen) atoms. The molecule has 6 nitrogen and oxygen atoms in total. The molecule has 0 unspecified atom stereocenters. The number of anilines is 1. The maximum Gasteiger partial charge on any atom is 0.328 e. The first-order valence-corrected chi connectivity index (χ1v) is 11.8. The predicted molar refractivity (Wildman–Crippen MR) is 142 cm³/mol. The molecule has 0 aliphatic heterocycles. The summed E-state index contributed by atoms with van der Waals surface area (Å²) in [5.74, 6) is 0.427. The van der Waals surface area contributed by atoms with Gasteiger partial charge in [-0.15, -0.1) is 0 Å². The number of nitrogens with one attached hydrogen (secondary N) is 1. The summed E-state index contributed by atoms with van der Waals surface area (Å²) in [6, 6.07) is 22.5. The van der Waals surface area contributed by atoms with Crippen molar-refractivity contribution in [2.24, 2.45) is 10.7 Å². The molecule has 0 fully saturated rings. The Labute approximate surface area is 207 Å². The summed E-state index contributed by atoms with van der Waals surface area (Å²) >= 11 is 0. The van der Waals surface area contributed by atoms with E-state index in [4.69, 9.17) is 10.5 Å². The second-order valence-electron chi connectivity index (χ2n) is 9.70. The van der Waals surface area contributed by atoms with Gasteiger partial charge in [-0.05, 0) is 62.4 Å². The lowest BCUT2D eigenvalue weighted by Gasteiger charge is -2.18. The number of benzene rings is 2. The van der Waals surface area contributed by atoms with Gasteiger partial charge in [0.2, 0.25) is 0 Å². The lowest BCUT2D eigenvalue weighted by Crippen LogP contribution is -2.25. The van der Waals surface area contributed by atoms with Gasteiger partial charge in [-0.1, -0.05) is 54.6 Å². The van der Waals surface area contributed by atoms with Gasteiger partial charge in [-0.3, -0.25) is 9.79 Å². The number of carbonyl (C=O) groups excluding carboxylic acids is 1. The van der Waals surface area contributed by atoms with Crippen LogP contribution in [-0.2, 0) is 22.4 Å². The second kappa shape index (κ2) is 10.6. The Morgan fingerprint density at radius 1 is 1.03 bits per heavy atom. The molecule has 0 spiro atoms. The smallest absolute Gasteiger partial charge is 0.328 e. The van der Waals surface area contributed by atoms with E-state index in [0.29, 0.717) is 17.3 Å².